The number of nitrogens with zero attached hydrogens (tertiary/aromatic N) is 1. The summed E-state index contributed by atoms with van der Waals surface area (Å²) in [6.45, 7) is 0.683. The molecule has 0 fully saturated rings. The van der Waals surface area contributed by atoms with Gasteiger partial charge in [0, 0.05) is 24.9 Å². The summed E-state index contributed by atoms with van der Waals surface area (Å²) in [5, 5.41) is 0. The van der Waals surface area contributed by atoms with E-state index in [1.54, 1.807) is 12.0 Å². The lowest BCUT2D eigenvalue weighted by Crippen LogP contribution is -2.39. The highest BCUT2D eigenvalue weighted by Gasteiger charge is 2.28. The third-order valence-corrected chi connectivity index (χ3v) is 3.88. The fourth-order valence-electron chi connectivity index (χ4n) is 2.77. The molecule has 1 amide bonds. The van der Waals surface area contributed by atoms with Crippen molar-refractivity contribution < 1.29 is 14.3 Å². The number of amides is 1. The Kier molecular flexibility index (Phi) is 4.39. The first-order chi connectivity index (χ1) is 10.8. The summed E-state index contributed by atoms with van der Waals surface area (Å²) in [4.78, 5) is 14.3. The normalized spacial score (nSPS) is 17.0. The molecule has 0 saturated heterocycles. The number of hydrogen-bond acceptors (Lipinski definition) is 3. The number of para-hydroxylation sites is 2. The van der Waals surface area contributed by atoms with Gasteiger partial charge in [-0.05, 0) is 24.6 Å². The third kappa shape index (κ3) is 2.97. The Morgan fingerprint density at radius 2 is 1.86 bits per heavy atom. The van der Waals surface area contributed by atoms with Crippen LogP contribution in [0.2, 0.25) is 0 Å². The van der Waals surface area contributed by atoms with Gasteiger partial charge in [0.1, 0.15) is 5.75 Å². The zero-order chi connectivity index (χ0) is 15.4. The van der Waals surface area contributed by atoms with Crippen molar-refractivity contribution in [2.75, 3.05) is 25.2 Å². The van der Waals surface area contributed by atoms with Crippen molar-refractivity contribution in [2.24, 2.45) is 0 Å². The molecule has 3 rings (SSSR count). The summed E-state index contributed by atoms with van der Waals surface area (Å²) in [5.41, 5.74) is 1.98. The molecule has 1 unspecified atom stereocenters. The highest BCUT2D eigenvalue weighted by Crippen LogP contribution is 2.35. The van der Waals surface area contributed by atoms with Crippen LogP contribution in [-0.4, -0.2) is 26.2 Å². The molecule has 114 valence electrons. The maximum Gasteiger partial charge on any atom is 0.264 e. The number of fused-ring (bicyclic) bond motifs is 1. The largest absolute Gasteiger partial charge is 0.484 e. The average molecular weight is 297 g/mol. The summed E-state index contributed by atoms with van der Waals surface area (Å²) in [7, 11) is 1.71. The van der Waals surface area contributed by atoms with Crippen LogP contribution in [0.3, 0.4) is 0 Å². The molecule has 2 aromatic carbocycles. The number of hydrogen-bond donors (Lipinski definition) is 0. The fourth-order valence-corrected chi connectivity index (χ4v) is 2.77. The molecule has 0 spiro atoms. The maximum atomic E-state index is 12.5. The molecular formula is C18H19NO3. The van der Waals surface area contributed by atoms with Crippen LogP contribution in [-0.2, 0) is 9.53 Å². The minimum absolute atomic E-state index is 0.0362. The van der Waals surface area contributed by atoms with E-state index < -0.39 is 0 Å². The summed E-state index contributed by atoms with van der Waals surface area (Å²) < 4.78 is 11.1. The minimum Gasteiger partial charge on any atom is -0.484 e. The topological polar surface area (TPSA) is 38.8 Å². The molecule has 0 bridgehead atoms. The Hall–Kier alpha value is -2.33. The number of benzene rings is 2. The van der Waals surface area contributed by atoms with Gasteiger partial charge in [-0.3, -0.25) is 4.79 Å². The smallest absolute Gasteiger partial charge is 0.264 e. The Balaban J connectivity index is 1.73. The standard InChI is InChI=1S/C18H19NO3/c1-21-17-11-12-19(16-10-6-5-9-15(16)17)18(20)13-22-14-7-3-2-4-8-14/h2-10,17H,11-13H2,1H3. The molecule has 1 heterocycles. The first kappa shape index (κ1) is 14.6. The van der Waals surface area contributed by atoms with E-state index in [9.17, 15) is 4.79 Å². The molecular weight excluding hydrogens is 278 g/mol. The average Bonchev–Trinajstić information content (AvgIpc) is 2.59. The predicted octanol–water partition coefficient (Wildman–Crippen LogP) is 3.19. The lowest BCUT2D eigenvalue weighted by Gasteiger charge is -2.33. The molecule has 22 heavy (non-hydrogen) atoms. The number of anilines is 1. The van der Waals surface area contributed by atoms with Crippen LogP contribution in [0, 0.1) is 0 Å². The van der Waals surface area contributed by atoms with E-state index in [1.807, 2.05) is 54.6 Å². The molecule has 0 aromatic heterocycles. The lowest BCUT2D eigenvalue weighted by atomic mass is 9.98. The zero-order valence-corrected chi connectivity index (χ0v) is 12.6. The summed E-state index contributed by atoms with van der Waals surface area (Å²) >= 11 is 0. The molecule has 0 saturated carbocycles. The lowest BCUT2D eigenvalue weighted by molar-refractivity contribution is -0.120. The molecule has 1 aliphatic rings. The third-order valence-electron chi connectivity index (χ3n) is 3.88. The molecule has 2 aromatic rings. The molecule has 4 heteroatoms. The second kappa shape index (κ2) is 6.62. The van der Waals surface area contributed by atoms with Gasteiger partial charge < -0.3 is 14.4 Å². The van der Waals surface area contributed by atoms with Crippen molar-refractivity contribution in [3.8, 4) is 5.75 Å². The molecule has 4 nitrogen and oxygen atoms in total. The first-order valence-corrected chi connectivity index (χ1v) is 7.39. The van der Waals surface area contributed by atoms with E-state index >= 15 is 0 Å². The zero-order valence-electron chi connectivity index (χ0n) is 12.6. The van der Waals surface area contributed by atoms with Gasteiger partial charge >= 0.3 is 0 Å². The quantitative estimate of drug-likeness (QED) is 0.870. The van der Waals surface area contributed by atoms with E-state index in [2.05, 4.69) is 0 Å². The second-order valence-electron chi connectivity index (χ2n) is 5.22. The van der Waals surface area contributed by atoms with Crippen LogP contribution in [0.4, 0.5) is 5.69 Å². The van der Waals surface area contributed by atoms with Gasteiger partial charge in [-0.15, -0.1) is 0 Å². The van der Waals surface area contributed by atoms with Crippen molar-refractivity contribution in [3.63, 3.8) is 0 Å². The molecule has 1 atom stereocenters. The van der Waals surface area contributed by atoms with Crippen LogP contribution < -0.4 is 9.64 Å². The number of ether oxygens (including phenoxy) is 2. The van der Waals surface area contributed by atoms with E-state index in [4.69, 9.17) is 9.47 Å². The van der Waals surface area contributed by atoms with E-state index in [-0.39, 0.29) is 18.6 Å². The highest BCUT2D eigenvalue weighted by atomic mass is 16.5. The van der Waals surface area contributed by atoms with Crippen molar-refractivity contribution in [1.29, 1.82) is 0 Å². The number of rotatable bonds is 4. The van der Waals surface area contributed by atoms with E-state index in [0.29, 0.717) is 12.3 Å². The molecule has 1 aliphatic heterocycles. The van der Waals surface area contributed by atoms with Crippen LogP contribution in [0.15, 0.2) is 54.6 Å². The van der Waals surface area contributed by atoms with Crippen LogP contribution in [0.25, 0.3) is 0 Å². The Morgan fingerprint density at radius 3 is 2.64 bits per heavy atom. The van der Waals surface area contributed by atoms with Crippen molar-refractivity contribution >= 4 is 11.6 Å². The van der Waals surface area contributed by atoms with Gasteiger partial charge in [0.05, 0.1) is 6.10 Å². The molecule has 0 aliphatic carbocycles. The van der Waals surface area contributed by atoms with Crippen molar-refractivity contribution in [1.82, 2.24) is 0 Å². The maximum absolute atomic E-state index is 12.5. The molecule has 0 radical (unpaired) electrons. The van der Waals surface area contributed by atoms with Gasteiger partial charge in [-0.25, -0.2) is 0 Å². The highest BCUT2D eigenvalue weighted by molar-refractivity contribution is 5.95. The predicted molar refractivity (Wildman–Crippen MR) is 85.1 cm³/mol. The van der Waals surface area contributed by atoms with Gasteiger partial charge in [0.15, 0.2) is 6.61 Å². The monoisotopic (exact) mass is 297 g/mol. The summed E-state index contributed by atoms with van der Waals surface area (Å²) in [6, 6.07) is 17.3. The Labute approximate surface area is 130 Å². The van der Waals surface area contributed by atoms with Gasteiger partial charge in [0.25, 0.3) is 5.91 Å². The van der Waals surface area contributed by atoms with E-state index in [1.165, 1.54) is 0 Å². The van der Waals surface area contributed by atoms with Gasteiger partial charge in [0.2, 0.25) is 0 Å². The van der Waals surface area contributed by atoms with Crippen LogP contribution in [0.1, 0.15) is 18.1 Å². The fraction of sp³-hybridized carbons (Fsp3) is 0.278. The summed E-state index contributed by atoms with van der Waals surface area (Å²) in [5.74, 6) is 0.668. The minimum atomic E-state index is -0.0362. The summed E-state index contributed by atoms with van der Waals surface area (Å²) in [6.07, 6.45) is 0.847. The van der Waals surface area contributed by atoms with Crippen LogP contribution >= 0.6 is 0 Å². The Bertz CT molecular complexity index is 642. The number of carbonyl (C=O) groups is 1. The number of methoxy groups -OCH3 is 1. The first-order valence-electron chi connectivity index (χ1n) is 7.39. The van der Waals surface area contributed by atoms with Crippen molar-refractivity contribution in [2.45, 2.75) is 12.5 Å². The Morgan fingerprint density at radius 1 is 1.14 bits per heavy atom. The van der Waals surface area contributed by atoms with Crippen LogP contribution in [0.5, 0.6) is 5.75 Å². The number of carbonyl (C=O) groups excluding carboxylic acids is 1. The second-order valence-corrected chi connectivity index (χ2v) is 5.22. The SMILES string of the molecule is COC1CCN(C(=O)COc2ccccc2)c2ccccc21. The van der Waals surface area contributed by atoms with Crippen molar-refractivity contribution in [3.05, 3.63) is 60.2 Å². The molecule has 0 N–H and O–H groups in total. The van der Waals surface area contributed by atoms with Gasteiger partial charge in [-0.2, -0.15) is 0 Å². The van der Waals surface area contributed by atoms with E-state index in [0.717, 1.165) is 17.7 Å². The van der Waals surface area contributed by atoms with Gasteiger partial charge in [-0.1, -0.05) is 36.4 Å².